The van der Waals surface area contributed by atoms with Crippen LogP contribution in [0.3, 0.4) is 0 Å². The highest BCUT2D eigenvalue weighted by Crippen LogP contribution is 2.16. The normalized spacial score (nSPS) is 18.5. The molecule has 0 atom stereocenters. The minimum atomic E-state index is 0.576. The van der Waals surface area contributed by atoms with E-state index in [2.05, 4.69) is 163 Å². The molecule has 0 aliphatic carbocycles. The van der Waals surface area contributed by atoms with Crippen molar-refractivity contribution in [3.05, 3.63) is 71.8 Å². The van der Waals surface area contributed by atoms with Gasteiger partial charge >= 0.3 is 0 Å². The van der Waals surface area contributed by atoms with E-state index in [4.69, 9.17) is 0 Å². The van der Waals surface area contributed by atoms with E-state index in [0.717, 1.165) is 52.4 Å². The molecule has 378 valence electrons. The first-order chi connectivity index (χ1) is 32.3. The fraction of sp³-hybridized carbons (Fsp3) is 0.774. The third kappa shape index (κ3) is 20.2. The molecule has 0 spiro atoms. The molecule has 0 bridgehead atoms. The first-order valence-corrected chi connectivity index (χ1v) is 26.7. The third-order valence-corrected chi connectivity index (χ3v) is 14.3. The summed E-state index contributed by atoms with van der Waals surface area (Å²) in [7, 11) is 2.19. The minimum Gasteiger partial charge on any atom is -0.304 e. The predicted octanol–water partition coefficient (Wildman–Crippen LogP) is 7.88. The summed E-state index contributed by atoms with van der Waals surface area (Å²) in [6, 6.07) is 0. The van der Waals surface area contributed by atoms with Crippen LogP contribution in [0.5, 0.6) is 0 Å². The standard InChI is InChI=1S/C14H26N4.C13H24N4.2C13H23N3/c1-4-16-5-7-17(8-6-16)9-10-18-12-14(11-15-18)13(2)3;1-12(2)13-10-14-17(11-13)9-8-16-6-4-15(3)5-7-16;2*1-12(2)13-10-14-16(11-13)9-8-15-6-4-3-5-7-15/h11-13H,4-10H2,1-3H3;10-12H,4-9H2,1-3H3;2*10-12H,3-9H2,1-2H3. The van der Waals surface area contributed by atoms with Crippen LogP contribution in [0, 0.1) is 0 Å². The molecule has 0 N–H and O–H groups in total. The molecule has 4 aromatic rings. The molecular formula is C53H96N14. The van der Waals surface area contributed by atoms with Crippen molar-refractivity contribution in [3.8, 4) is 0 Å². The van der Waals surface area contributed by atoms with Crippen molar-refractivity contribution in [2.24, 2.45) is 0 Å². The van der Waals surface area contributed by atoms with Gasteiger partial charge in [-0.2, -0.15) is 20.4 Å². The molecule has 14 heteroatoms. The lowest BCUT2D eigenvalue weighted by Crippen LogP contribution is -2.46. The van der Waals surface area contributed by atoms with Gasteiger partial charge in [0, 0.05) is 103 Å². The lowest BCUT2D eigenvalue weighted by atomic mass is 10.1. The third-order valence-electron chi connectivity index (χ3n) is 14.3. The molecule has 0 saturated carbocycles. The molecule has 67 heavy (non-hydrogen) atoms. The van der Waals surface area contributed by atoms with E-state index in [1.165, 1.54) is 146 Å². The molecule has 8 rings (SSSR count). The van der Waals surface area contributed by atoms with E-state index < -0.39 is 0 Å². The predicted molar refractivity (Wildman–Crippen MR) is 278 cm³/mol. The van der Waals surface area contributed by atoms with Crippen molar-refractivity contribution >= 4 is 0 Å². The topological polar surface area (TPSA) is 90.7 Å². The molecule has 4 aliphatic heterocycles. The van der Waals surface area contributed by atoms with E-state index in [1.807, 2.05) is 24.8 Å². The Labute approximate surface area is 408 Å². The summed E-state index contributed by atoms with van der Waals surface area (Å²) in [5, 5.41) is 17.7. The number of hydrogen-bond acceptors (Lipinski definition) is 10. The summed E-state index contributed by atoms with van der Waals surface area (Å²) in [4.78, 5) is 15.1. The van der Waals surface area contributed by atoms with Gasteiger partial charge in [-0.15, -0.1) is 0 Å². The number of hydrogen-bond donors (Lipinski definition) is 0. The molecular weight excluding hydrogens is 833 g/mol. The van der Waals surface area contributed by atoms with Crippen LogP contribution in [0.15, 0.2) is 49.6 Å². The minimum absolute atomic E-state index is 0.576. The van der Waals surface area contributed by atoms with Gasteiger partial charge in [0.25, 0.3) is 0 Å². The maximum Gasteiger partial charge on any atom is 0.0536 e. The van der Waals surface area contributed by atoms with E-state index in [9.17, 15) is 0 Å². The fourth-order valence-corrected chi connectivity index (χ4v) is 8.94. The maximum atomic E-state index is 4.43. The van der Waals surface area contributed by atoms with Crippen LogP contribution < -0.4 is 0 Å². The largest absolute Gasteiger partial charge is 0.304 e. The molecule has 0 aromatic carbocycles. The van der Waals surface area contributed by atoms with Gasteiger partial charge in [0.2, 0.25) is 0 Å². The maximum absolute atomic E-state index is 4.43. The number of likely N-dealkylation sites (tertiary alicyclic amines) is 2. The van der Waals surface area contributed by atoms with E-state index in [1.54, 1.807) is 0 Å². The lowest BCUT2D eigenvalue weighted by molar-refractivity contribution is 0.133. The van der Waals surface area contributed by atoms with E-state index >= 15 is 0 Å². The van der Waals surface area contributed by atoms with Gasteiger partial charge in [-0.3, -0.25) is 28.5 Å². The van der Waals surface area contributed by atoms with Crippen LogP contribution in [-0.2, 0) is 26.2 Å². The molecule has 8 heterocycles. The van der Waals surface area contributed by atoms with Crippen LogP contribution in [0.1, 0.15) is 147 Å². The van der Waals surface area contributed by atoms with Crippen molar-refractivity contribution in [3.63, 3.8) is 0 Å². The number of piperazine rings is 2. The van der Waals surface area contributed by atoms with Crippen molar-refractivity contribution < 1.29 is 0 Å². The van der Waals surface area contributed by atoms with Gasteiger partial charge in [-0.25, -0.2) is 0 Å². The van der Waals surface area contributed by atoms with Crippen molar-refractivity contribution in [1.82, 2.24) is 68.5 Å². The van der Waals surface area contributed by atoms with Crippen LogP contribution in [0.4, 0.5) is 0 Å². The van der Waals surface area contributed by atoms with Gasteiger partial charge in [0.1, 0.15) is 0 Å². The zero-order chi connectivity index (χ0) is 48.0. The first kappa shape index (κ1) is 54.5. The fourth-order valence-electron chi connectivity index (χ4n) is 8.94. The molecule has 0 radical (unpaired) electrons. The smallest absolute Gasteiger partial charge is 0.0536 e. The highest BCUT2D eigenvalue weighted by Gasteiger charge is 2.17. The highest BCUT2D eigenvalue weighted by molar-refractivity contribution is 5.10. The SMILES string of the molecule is CC(C)c1cnn(CCN2CCCCC2)c1.CC(C)c1cnn(CCN2CCCCC2)c1.CC(C)c1cnn(CCN2CCN(C)CC2)c1.CCN1CCN(CCn2cc(C(C)C)cn2)CC1. The quantitative estimate of drug-likeness (QED) is 0.104. The Morgan fingerprint density at radius 3 is 0.851 bits per heavy atom. The average molecular weight is 929 g/mol. The van der Waals surface area contributed by atoms with E-state index in [-0.39, 0.29) is 0 Å². The number of aromatic nitrogens is 8. The second-order valence-corrected chi connectivity index (χ2v) is 21.0. The Morgan fingerprint density at radius 1 is 0.343 bits per heavy atom. The zero-order valence-electron chi connectivity index (χ0n) is 44.3. The Kier molecular flexibility index (Phi) is 24.1. The van der Waals surface area contributed by atoms with Gasteiger partial charge in [0.15, 0.2) is 0 Å². The summed E-state index contributed by atoms with van der Waals surface area (Å²) >= 11 is 0. The summed E-state index contributed by atoms with van der Waals surface area (Å²) in [5.74, 6) is 2.33. The van der Waals surface area contributed by atoms with Crippen LogP contribution >= 0.6 is 0 Å². The van der Waals surface area contributed by atoms with Crippen molar-refractivity contribution in [2.45, 2.75) is 151 Å². The molecule has 0 amide bonds. The summed E-state index contributed by atoms with van der Waals surface area (Å²) in [5.41, 5.74) is 5.37. The Hall–Kier alpha value is -3.40. The summed E-state index contributed by atoms with van der Waals surface area (Å²) < 4.78 is 8.34. The zero-order valence-corrected chi connectivity index (χ0v) is 44.3. The average Bonchev–Trinajstić information content (AvgIpc) is 4.19. The van der Waals surface area contributed by atoms with E-state index in [0.29, 0.717) is 23.7 Å². The molecule has 14 nitrogen and oxygen atoms in total. The molecule has 4 aliphatic rings. The molecule has 0 unspecified atom stereocenters. The van der Waals surface area contributed by atoms with Gasteiger partial charge in [0.05, 0.1) is 51.0 Å². The monoisotopic (exact) mass is 929 g/mol. The molecule has 4 fully saturated rings. The van der Waals surface area contributed by atoms with Gasteiger partial charge in [-0.1, -0.05) is 75.2 Å². The Bertz CT molecular complexity index is 1780. The lowest BCUT2D eigenvalue weighted by Gasteiger charge is -2.33. The first-order valence-electron chi connectivity index (χ1n) is 26.7. The number of nitrogens with zero attached hydrogens (tertiary/aromatic N) is 14. The van der Waals surface area contributed by atoms with Crippen molar-refractivity contribution in [1.29, 1.82) is 0 Å². The van der Waals surface area contributed by atoms with Gasteiger partial charge < -0.3 is 19.6 Å². The Morgan fingerprint density at radius 2 is 0.597 bits per heavy atom. The number of piperidine rings is 2. The number of likely N-dealkylation sites (N-methyl/N-ethyl adjacent to an activating group) is 2. The molecule has 4 saturated heterocycles. The second kappa shape index (κ2) is 29.6. The summed E-state index contributed by atoms with van der Waals surface area (Å²) in [6.45, 7) is 44.5. The molecule has 4 aromatic heterocycles. The Balaban J connectivity index is 0.000000167. The van der Waals surface area contributed by atoms with Crippen molar-refractivity contribution in [2.75, 3.05) is 118 Å². The second-order valence-electron chi connectivity index (χ2n) is 21.0. The van der Waals surface area contributed by atoms with Crippen LogP contribution in [0.2, 0.25) is 0 Å². The van der Waals surface area contributed by atoms with Crippen LogP contribution in [0.25, 0.3) is 0 Å². The van der Waals surface area contributed by atoms with Crippen LogP contribution in [-0.4, -0.2) is 187 Å². The van der Waals surface area contributed by atoms with Gasteiger partial charge in [-0.05, 0) is 111 Å². The summed E-state index contributed by atoms with van der Waals surface area (Å²) in [6.07, 6.45) is 25.1. The highest BCUT2D eigenvalue weighted by atomic mass is 15.3. The number of rotatable bonds is 17.